The van der Waals surface area contributed by atoms with Gasteiger partial charge in [-0.3, -0.25) is 4.90 Å². The van der Waals surface area contributed by atoms with Gasteiger partial charge in [0.2, 0.25) is 0 Å². The van der Waals surface area contributed by atoms with Crippen molar-refractivity contribution in [1.29, 1.82) is 0 Å². The third-order valence-electron chi connectivity index (χ3n) is 2.21. The molecule has 0 aliphatic carbocycles. The molecule has 0 atom stereocenters. The van der Waals surface area contributed by atoms with Gasteiger partial charge in [0.1, 0.15) is 5.76 Å². The van der Waals surface area contributed by atoms with Crippen LogP contribution in [0, 0.1) is 0 Å². The van der Waals surface area contributed by atoms with Crippen LogP contribution in [0.3, 0.4) is 0 Å². The Morgan fingerprint density at radius 3 is 2.24 bits per heavy atom. The van der Waals surface area contributed by atoms with Gasteiger partial charge in [-0.25, -0.2) is 0 Å². The maximum absolute atomic E-state index is 8.66. The minimum absolute atomic E-state index is 0.476. The first-order chi connectivity index (χ1) is 8.15. The van der Waals surface area contributed by atoms with E-state index in [1.165, 1.54) is 0 Å². The summed E-state index contributed by atoms with van der Waals surface area (Å²) in [5, 5.41) is 23.6. The number of hydrogen-bond donors (Lipinski definition) is 2. The lowest BCUT2D eigenvalue weighted by atomic mass is 10.3. The summed E-state index contributed by atoms with van der Waals surface area (Å²) in [7, 11) is 0. The Hall–Kier alpha value is -1.82. The standard InChI is InChI=1S/C11H17N3O3/c1-9(12-15)6-14(7-10(2)13-16)8-11-4-3-5-17-11/h3-5,15-16H,6-8H2,1-2H3. The van der Waals surface area contributed by atoms with E-state index in [4.69, 9.17) is 14.8 Å². The molecule has 0 aromatic carbocycles. The minimum Gasteiger partial charge on any atom is -0.468 e. The largest absolute Gasteiger partial charge is 0.468 e. The number of nitrogens with zero attached hydrogens (tertiary/aromatic N) is 3. The van der Waals surface area contributed by atoms with Crippen molar-refractivity contribution >= 4 is 11.4 Å². The fourth-order valence-corrected chi connectivity index (χ4v) is 1.50. The molecule has 0 bridgehead atoms. The Morgan fingerprint density at radius 2 is 1.82 bits per heavy atom. The molecule has 0 spiro atoms. The van der Waals surface area contributed by atoms with Crippen molar-refractivity contribution in [2.45, 2.75) is 20.4 Å². The smallest absolute Gasteiger partial charge is 0.117 e. The van der Waals surface area contributed by atoms with Gasteiger partial charge in [-0.1, -0.05) is 10.3 Å². The van der Waals surface area contributed by atoms with Crippen molar-refractivity contribution in [3.8, 4) is 0 Å². The van der Waals surface area contributed by atoms with Crippen LogP contribution in [0.1, 0.15) is 19.6 Å². The van der Waals surface area contributed by atoms with Crippen LogP contribution in [0.2, 0.25) is 0 Å². The van der Waals surface area contributed by atoms with Crippen molar-refractivity contribution in [2.24, 2.45) is 10.3 Å². The van der Waals surface area contributed by atoms with Gasteiger partial charge in [0, 0.05) is 13.1 Å². The van der Waals surface area contributed by atoms with E-state index in [-0.39, 0.29) is 0 Å². The molecule has 0 fully saturated rings. The Bertz CT molecular complexity index is 365. The van der Waals surface area contributed by atoms with Gasteiger partial charge in [-0.2, -0.15) is 0 Å². The molecule has 1 heterocycles. The van der Waals surface area contributed by atoms with Crippen LogP contribution in [-0.4, -0.2) is 39.8 Å². The molecule has 6 nitrogen and oxygen atoms in total. The Kier molecular flexibility index (Phi) is 5.22. The Balaban J connectivity index is 2.65. The van der Waals surface area contributed by atoms with Gasteiger partial charge in [0.25, 0.3) is 0 Å². The second-order valence-corrected chi connectivity index (χ2v) is 3.90. The van der Waals surface area contributed by atoms with E-state index in [0.717, 1.165) is 5.76 Å². The Labute approximate surface area is 99.8 Å². The number of oxime groups is 2. The molecular weight excluding hydrogens is 222 g/mol. The first-order valence-corrected chi connectivity index (χ1v) is 5.25. The monoisotopic (exact) mass is 239 g/mol. The van der Waals surface area contributed by atoms with Gasteiger partial charge in [-0.15, -0.1) is 0 Å². The van der Waals surface area contributed by atoms with Crippen molar-refractivity contribution in [2.75, 3.05) is 13.1 Å². The minimum atomic E-state index is 0.476. The SMILES string of the molecule is CC(CN(CC(C)=NO)Cc1ccco1)=NO. The zero-order valence-electron chi connectivity index (χ0n) is 10.00. The lowest BCUT2D eigenvalue weighted by Crippen LogP contribution is -2.32. The topological polar surface area (TPSA) is 81.6 Å². The van der Waals surface area contributed by atoms with E-state index in [0.29, 0.717) is 31.1 Å². The summed E-state index contributed by atoms with van der Waals surface area (Å²) in [5.41, 5.74) is 1.17. The predicted molar refractivity (Wildman–Crippen MR) is 63.8 cm³/mol. The average Bonchev–Trinajstić information content (AvgIpc) is 2.81. The molecule has 94 valence electrons. The molecular formula is C11H17N3O3. The summed E-state index contributed by atoms with van der Waals surface area (Å²) in [6, 6.07) is 3.68. The fraction of sp³-hybridized carbons (Fsp3) is 0.455. The molecule has 6 heteroatoms. The first-order valence-electron chi connectivity index (χ1n) is 5.25. The maximum Gasteiger partial charge on any atom is 0.117 e. The van der Waals surface area contributed by atoms with Gasteiger partial charge in [0.15, 0.2) is 0 Å². The molecule has 0 amide bonds. The van der Waals surface area contributed by atoms with Crippen LogP contribution in [0.25, 0.3) is 0 Å². The quantitative estimate of drug-likeness (QED) is 0.450. The van der Waals surface area contributed by atoms with Gasteiger partial charge < -0.3 is 14.8 Å². The van der Waals surface area contributed by atoms with Crippen LogP contribution in [0.5, 0.6) is 0 Å². The predicted octanol–water partition coefficient (Wildman–Crippen LogP) is 1.78. The average molecular weight is 239 g/mol. The van der Waals surface area contributed by atoms with Crippen LogP contribution in [0.15, 0.2) is 33.1 Å². The summed E-state index contributed by atoms with van der Waals surface area (Å²) in [4.78, 5) is 1.95. The first kappa shape index (κ1) is 13.2. The summed E-state index contributed by atoms with van der Waals surface area (Å²) in [6.45, 7) is 4.96. The zero-order valence-corrected chi connectivity index (χ0v) is 10.00. The summed E-state index contributed by atoms with van der Waals surface area (Å²) in [5.74, 6) is 0.807. The van der Waals surface area contributed by atoms with E-state index in [1.807, 2.05) is 17.0 Å². The second-order valence-electron chi connectivity index (χ2n) is 3.90. The molecule has 1 rings (SSSR count). The molecule has 0 radical (unpaired) electrons. The highest BCUT2D eigenvalue weighted by atomic mass is 16.4. The highest BCUT2D eigenvalue weighted by Crippen LogP contribution is 2.05. The summed E-state index contributed by atoms with van der Waals surface area (Å²) < 4.78 is 5.25. The van der Waals surface area contributed by atoms with E-state index in [9.17, 15) is 0 Å². The fourth-order valence-electron chi connectivity index (χ4n) is 1.50. The van der Waals surface area contributed by atoms with Crippen molar-refractivity contribution in [1.82, 2.24) is 4.90 Å². The van der Waals surface area contributed by atoms with Gasteiger partial charge in [-0.05, 0) is 26.0 Å². The third kappa shape index (κ3) is 4.69. The lowest BCUT2D eigenvalue weighted by molar-refractivity contribution is 0.282. The molecule has 0 saturated carbocycles. The summed E-state index contributed by atoms with van der Waals surface area (Å²) in [6.07, 6.45) is 1.60. The van der Waals surface area contributed by atoms with Crippen molar-refractivity contribution < 1.29 is 14.8 Å². The van der Waals surface area contributed by atoms with Gasteiger partial charge in [0.05, 0.1) is 24.2 Å². The van der Waals surface area contributed by atoms with E-state index < -0.39 is 0 Å². The summed E-state index contributed by atoms with van der Waals surface area (Å²) >= 11 is 0. The molecule has 2 N–H and O–H groups in total. The van der Waals surface area contributed by atoms with E-state index in [2.05, 4.69) is 10.3 Å². The second kappa shape index (κ2) is 6.70. The molecule has 1 aromatic rings. The normalized spacial score (nSPS) is 13.4. The molecule has 17 heavy (non-hydrogen) atoms. The number of rotatable bonds is 6. The number of hydrogen-bond acceptors (Lipinski definition) is 6. The van der Waals surface area contributed by atoms with Gasteiger partial charge >= 0.3 is 0 Å². The molecule has 0 unspecified atom stereocenters. The zero-order chi connectivity index (χ0) is 12.7. The van der Waals surface area contributed by atoms with Crippen molar-refractivity contribution in [3.63, 3.8) is 0 Å². The van der Waals surface area contributed by atoms with Crippen LogP contribution in [0.4, 0.5) is 0 Å². The highest BCUT2D eigenvalue weighted by Gasteiger charge is 2.11. The van der Waals surface area contributed by atoms with Crippen LogP contribution < -0.4 is 0 Å². The molecule has 0 saturated heterocycles. The van der Waals surface area contributed by atoms with E-state index in [1.54, 1.807) is 20.1 Å². The molecule has 0 aliphatic rings. The molecule has 0 aliphatic heterocycles. The van der Waals surface area contributed by atoms with Crippen LogP contribution >= 0.6 is 0 Å². The third-order valence-corrected chi connectivity index (χ3v) is 2.21. The van der Waals surface area contributed by atoms with E-state index >= 15 is 0 Å². The molecule has 1 aromatic heterocycles. The lowest BCUT2D eigenvalue weighted by Gasteiger charge is -2.19. The Morgan fingerprint density at radius 1 is 1.24 bits per heavy atom. The number of furan rings is 1. The highest BCUT2D eigenvalue weighted by molar-refractivity contribution is 5.86. The maximum atomic E-state index is 8.66. The van der Waals surface area contributed by atoms with Crippen LogP contribution in [-0.2, 0) is 6.54 Å². The van der Waals surface area contributed by atoms with Crippen molar-refractivity contribution in [3.05, 3.63) is 24.2 Å².